The highest BCUT2D eigenvalue weighted by atomic mass is 16.5. The Labute approximate surface area is 144 Å². The third-order valence-electron chi connectivity index (χ3n) is 4.31. The number of hydrogen-bond acceptors (Lipinski definition) is 5. The van der Waals surface area contributed by atoms with Crippen molar-refractivity contribution in [3.8, 4) is 0 Å². The summed E-state index contributed by atoms with van der Waals surface area (Å²) in [6.45, 7) is 4.73. The summed E-state index contributed by atoms with van der Waals surface area (Å²) in [5, 5.41) is 19.4. The number of rotatable bonds is 3. The summed E-state index contributed by atoms with van der Waals surface area (Å²) in [5.74, 6) is -1.29. The van der Waals surface area contributed by atoms with Gasteiger partial charge >= 0.3 is 12.1 Å². The van der Waals surface area contributed by atoms with Crippen molar-refractivity contribution in [1.29, 1.82) is 0 Å². The van der Waals surface area contributed by atoms with Gasteiger partial charge in [-0.1, -0.05) is 0 Å². The average Bonchev–Trinajstić information content (AvgIpc) is 2.73. The number of piperidine rings is 1. The fourth-order valence-corrected chi connectivity index (χ4v) is 2.91. The van der Waals surface area contributed by atoms with Gasteiger partial charge in [-0.15, -0.1) is 0 Å². The van der Waals surface area contributed by atoms with Crippen LogP contribution in [-0.4, -0.2) is 79.8 Å². The molecular weight excluding hydrogens is 334 g/mol. The van der Waals surface area contributed by atoms with Crippen LogP contribution in [0, 0.1) is 0 Å². The minimum Gasteiger partial charge on any atom is -0.465 e. The standard InChI is InChI=1S/C14H23N5O6/c1-14(2,3)18(13(23)24)7-10(20)15-16-11(21)9-5-4-8-6-17(9)12(22)19(8)25/h8-9,25H,4-7H2,1-3H3,(H,15,20)(H,16,21)(H,23,24)/t8-,9+/m1/s1. The van der Waals surface area contributed by atoms with Gasteiger partial charge in [-0.3, -0.25) is 30.5 Å². The maximum absolute atomic E-state index is 12.2. The van der Waals surface area contributed by atoms with E-state index in [9.17, 15) is 24.4 Å². The first-order valence-electron chi connectivity index (χ1n) is 7.90. The van der Waals surface area contributed by atoms with Crippen molar-refractivity contribution in [1.82, 2.24) is 25.7 Å². The van der Waals surface area contributed by atoms with Crippen molar-refractivity contribution < 1.29 is 29.5 Å². The van der Waals surface area contributed by atoms with Crippen LogP contribution in [0.1, 0.15) is 33.6 Å². The molecule has 0 spiro atoms. The third-order valence-corrected chi connectivity index (χ3v) is 4.31. The van der Waals surface area contributed by atoms with Gasteiger partial charge in [-0.25, -0.2) is 14.7 Å². The van der Waals surface area contributed by atoms with Crippen molar-refractivity contribution in [2.24, 2.45) is 0 Å². The molecule has 11 nitrogen and oxygen atoms in total. The van der Waals surface area contributed by atoms with Gasteiger partial charge in [0.2, 0.25) is 0 Å². The largest absolute Gasteiger partial charge is 0.465 e. The molecule has 2 atom stereocenters. The van der Waals surface area contributed by atoms with Crippen LogP contribution in [-0.2, 0) is 9.59 Å². The smallest absolute Gasteiger partial charge is 0.408 e. The van der Waals surface area contributed by atoms with E-state index in [4.69, 9.17) is 5.11 Å². The number of amides is 5. The second-order valence-electron chi connectivity index (χ2n) is 7.10. The zero-order valence-corrected chi connectivity index (χ0v) is 14.4. The van der Waals surface area contributed by atoms with E-state index in [1.54, 1.807) is 20.8 Å². The van der Waals surface area contributed by atoms with E-state index < -0.39 is 42.1 Å². The molecule has 2 bridgehead atoms. The summed E-state index contributed by atoms with van der Waals surface area (Å²) in [4.78, 5) is 49.3. The van der Waals surface area contributed by atoms with Gasteiger partial charge in [0, 0.05) is 12.1 Å². The Balaban J connectivity index is 1.88. The lowest BCUT2D eigenvalue weighted by Gasteiger charge is -2.32. The quantitative estimate of drug-likeness (QED) is 0.399. The molecule has 0 aromatic heterocycles. The van der Waals surface area contributed by atoms with Crippen molar-refractivity contribution in [2.75, 3.05) is 13.1 Å². The minimum atomic E-state index is -1.25. The van der Waals surface area contributed by atoms with Gasteiger partial charge in [0.25, 0.3) is 11.8 Å². The summed E-state index contributed by atoms with van der Waals surface area (Å²) in [5.41, 5.74) is 3.60. The molecular formula is C14H23N5O6. The van der Waals surface area contributed by atoms with Crippen molar-refractivity contribution in [3.63, 3.8) is 0 Å². The number of carbonyl (C=O) groups excluding carboxylic acids is 3. The molecule has 2 saturated heterocycles. The molecule has 0 saturated carbocycles. The fraction of sp³-hybridized carbons (Fsp3) is 0.714. The lowest BCUT2D eigenvalue weighted by molar-refractivity contribution is -0.132. The van der Waals surface area contributed by atoms with Crippen LogP contribution in [0.3, 0.4) is 0 Å². The molecule has 2 rings (SSSR count). The van der Waals surface area contributed by atoms with E-state index in [1.807, 2.05) is 0 Å². The Morgan fingerprint density at radius 1 is 1.24 bits per heavy atom. The maximum Gasteiger partial charge on any atom is 0.408 e. The molecule has 0 aromatic rings. The molecule has 2 aliphatic rings. The highest BCUT2D eigenvalue weighted by molar-refractivity contribution is 5.90. The number of urea groups is 1. The topological polar surface area (TPSA) is 143 Å². The van der Waals surface area contributed by atoms with Crippen LogP contribution in [0.15, 0.2) is 0 Å². The van der Waals surface area contributed by atoms with Gasteiger partial charge in [0.15, 0.2) is 0 Å². The molecule has 0 aromatic carbocycles. The first-order valence-corrected chi connectivity index (χ1v) is 7.90. The van der Waals surface area contributed by atoms with Gasteiger partial charge < -0.3 is 10.0 Å². The molecule has 140 valence electrons. The molecule has 4 N–H and O–H groups in total. The summed E-state index contributed by atoms with van der Waals surface area (Å²) in [6.07, 6.45) is -0.419. The number of carbonyl (C=O) groups is 4. The average molecular weight is 357 g/mol. The van der Waals surface area contributed by atoms with E-state index in [0.717, 1.165) is 4.90 Å². The van der Waals surface area contributed by atoms with E-state index in [1.165, 1.54) is 4.90 Å². The molecule has 2 heterocycles. The second kappa shape index (κ2) is 6.75. The Morgan fingerprint density at radius 2 is 1.88 bits per heavy atom. The molecule has 25 heavy (non-hydrogen) atoms. The summed E-state index contributed by atoms with van der Waals surface area (Å²) in [7, 11) is 0. The molecule has 0 radical (unpaired) electrons. The van der Waals surface area contributed by atoms with Crippen molar-refractivity contribution in [3.05, 3.63) is 0 Å². The van der Waals surface area contributed by atoms with E-state index >= 15 is 0 Å². The first-order chi connectivity index (χ1) is 11.5. The SMILES string of the molecule is CC(C)(C)N(CC(=O)NNC(=O)[C@@H]1CC[C@@H]2CN1C(=O)N2O)C(=O)O. The molecule has 5 amide bonds. The monoisotopic (exact) mass is 357 g/mol. The van der Waals surface area contributed by atoms with Crippen LogP contribution >= 0.6 is 0 Å². The first kappa shape index (κ1) is 18.8. The Hall–Kier alpha value is -2.56. The molecule has 2 aliphatic heterocycles. The lowest BCUT2D eigenvalue weighted by atomic mass is 10.0. The fourth-order valence-electron chi connectivity index (χ4n) is 2.91. The summed E-state index contributed by atoms with van der Waals surface area (Å²) < 4.78 is 0. The normalized spacial score (nSPS) is 22.6. The van der Waals surface area contributed by atoms with Gasteiger partial charge in [-0.2, -0.15) is 0 Å². The Morgan fingerprint density at radius 3 is 2.44 bits per heavy atom. The van der Waals surface area contributed by atoms with E-state index in [-0.39, 0.29) is 12.6 Å². The zero-order chi connectivity index (χ0) is 18.9. The predicted molar refractivity (Wildman–Crippen MR) is 83.3 cm³/mol. The predicted octanol–water partition coefficient (Wildman–Crippen LogP) is -0.430. The minimum absolute atomic E-state index is 0.248. The Kier molecular flexibility index (Phi) is 5.07. The van der Waals surface area contributed by atoms with Gasteiger partial charge in [-0.05, 0) is 33.6 Å². The number of hydroxylamine groups is 2. The molecule has 0 unspecified atom stereocenters. The van der Waals surface area contributed by atoms with Crippen LogP contribution in [0.2, 0.25) is 0 Å². The highest BCUT2D eigenvalue weighted by Crippen LogP contribution is 2.28. The zero-order valence-electron chi connectivity index (χ0n) is 14.4. The van der Waals surface area contributed by atoms with Crippen molar-refractivity contribution in [2.45, 2.75) is 51.2 Å². The van der Waals surface area contributed by atoms with E-state index in [2.05, 4.69) is 10.9 Å². The van der Waals surface area contributed by atoms with Gasteiger partial charge in [0.05, 0.1) is 6.04 Å². The van der Waals surface area contributed by atoms with Crippen LogP contribution in [0.25, 0.3) is 0 Å². The number of carboxylic acid groups (broad SMARTS) is 1. The summed E-state index contributed by atoms with van der Waals surface area (Å²) in [6, 6.07) is -1.75. The molecule has 11 heteroatoms. The second-order valence-corrected chi connectivity index (χ2v) is 7.10. The number of nitrogens with one attached hydrogen (secondary N) is 2. The molecule has 0 aliphatic carbocycles. The van der Waals surface area contributed by atoms with Crippen molar-refractivity contribution >= 4 is 23.9 Å². The van der Waals surface area contributed by atoms with Crippen LogP contribution < -0.4 is 10.9 Å². The van der Waals surface area contributed by atoms with Crippen LogP contribution in [0.4, 0.5) is 9.59 Å². The number of nitrogens with zero attached hydrogens (tertiary/aromatic N) is 3. The maximum atomic E-state index is 12.2. The number of fused-ring (bicyclic) bond motifs is 2. The summed E-state index contributed by atoms with van der Waals surface area (Å²) >= 11 is 0. The lowest BCUT2D eigenvalue weighted by Crippen LogP contribution is -2.56. The Bertz CT molecular complexity index is 589. The third kappa shape index (κ3) is 3.92. The molecule has 2 fully saturated rings. The van der Waals surface area contributed by atoms with Gasteiger partial charge in [0.1, 0.15) is 12.6 Å². The van der Waals surface area contributed by atoms with E-state index in [0.29, 0.717) is 17.9 Å². The number of hydrazine groups is 1. The number of hydrogen-bond donors (Lipinski definition) is 4. The highest BCUT2D eigenvalue weighted by Gasteiger charge is 2.46. The van der Waals surface area contributed by atoms with Crippen LogP contribution in [0.5, 0.6) is 0 Å².